The lowest BCUT2D eigenvalue weighted by Crippen LogP contribution is -2.18. The van der Waals surface area contributed by atoms with Crippen molar-refractivity contribution in [2.24, 2.45) is 7.05 Å². The highest BCUT2D eigenvalue weighted by Gasteiger charge is 2.16. The van der Waals surface area contributed by atoms with Gasteiger partial charge >= 0.3 is 0 Å². The van der Waals surface area contributed by atoms with E-state index in [1.54, 1.807) is 42.1 Å². The minimum atomic E-state index is -0.415. The van der Waals surface area contributed by atoms with Crippen LogP contribution >= 0.6 is 0 Å². The number of carbonyl (C=O) groups excluding carboxylic acids is 1. The van der Waals surface area contributed by atoms with E-state index in [2.05, 4.69) is 38.2 Å². The number of nitrogens with one attached hydrogen (secondary N) is 1. The van der Waals surface area contributed by atoms with Crippen LogP contribution in [0.5, 0.6) is 0 Å². The first kappa shape index (κ1) is 21.6. The van der Waals surface area contributed by atoms with Gasteiger partial charge in [0, 0.05) is 12.7 Å². The van der Waals surface area contributed by atoms with E-state index in [1.165, 1.54) is 11.6 Å². The van der Waals surface area contributed by atoms with Crippen LogP contribution < -0.4 is 10.9 Å². The first-order valence-corrected chi connectivity index (χ1v) is 10.5. The molecule has 5 nitrogen and oxygen atoms in total. The fraction of sp³-hybridized carbons (Fsp3) is 0.231. The fourth-order valence-corrected chi connectivity index (χ4v) is 3.83. The molecule has 4 rings (SSSR count). The molecule has 0 radical (unpaired) electrons. The van der Waals surface area contributed by atoms with E-state index < -0.39 is 5.82 Å². The van der Waals surface area contributed by atoms with Crippen LogP contribution in [0.3, 0.4) is 0 Å². The van der Waals surface area contributed by atoms with Crippen LogP contribution in [-0.4, -0.2) is 15.3 Å². The van der Waals surface area contributed by atoms with Crippen molar-refractivity contribution in [1.82, 2.24) is 9.36 Å². The fourth-order valence-electron chi connectivity index (χ4n) is 3.83. The van der Waals surface area contributed by atoms with Gasteiger partial charge in [0.05, 0.1) is 23.0 Å². The van der Waals surface area contributed by atoms with Crippen LogP contribution in [0.2, 0.25) is 0 Å². The molecule has 1 amide bonds. The maximum atomic E-state index is 13.8. The number of hydrogen-bond donors (Lipinski definition) is 1. The Balaban J connectivity index is 1.65. The van der Waals surface area contributed by atoms with Gasteiger partial charge in [-0.25, -0.2) is 9.07 Å². The number of aromatic nitrogens is 2. The predicted octanol–water partition coefficient (Wildman–Crippen LogP) is 4.95. The monoisotopic (exact) mass is 431 g/mol. The highest BCUT2D eigenvalue weighted by molar-refractivity contribution is 5.95. The Kier molecular flexibility index (Phi) is 5.46. The van der Waals surface area contributed by atoms with Crippen LogP contribution in [-0.2, 0) is 23.7 Å². The molecule has 164 valence electrons. The van der Waals surface area contributed by atoms with Gasteiger partial charge in [-0.1, -0.05) is 51.1 Å². The lowest BCUT2D eigenvalue weighted by molar-refractivity contribution is -0.115. The van der Waals surface area contributed by atoms with Crippen molar-refractivity contribution in [1.29, 1.82) is 0 Å². The summed E-state index contributed by atoms with van der Waals surface area (Å²) in [4.78, 5) is 25.3. The zero-order valence-corrected chi connectivity index (χ0v) is 18.6. The molecule has 0 atom stereocenters. The van der Waals surface area contributed by atoms with Gasteiger partial charge in [-0.2, -0.15) is 0 Å². The second-order valence-electron chi connectivity index (χ2n) is 8.99. The predicted molar refractivity (Wildman–Crippen MR) is 126 cm³/mol. The number of halogens is 1. The van der Waals surface area contributed by atoms with Gasteiger partial charge in [-0.05, 0) is 52.9 Å². The molecule has 0 saturated carbocycles. The van der Waals surface area contributed by atoms with E-state index in [0.29, 0.717) is 16.6 Å². The molecule has 0 fully saturated rings. The van der Waals surface area contributed by atoms with Crippen molar-refractivity contribution in [2.45, 2.75) is 32.6 Å². The molecule has 0 unspecified atom stereocenters. The van der Waals surface area contributed by atoms with Crippen molar-refractivity contribution in [3.8, 4) is 5.69 Å². The van der Waals surface area contributed by atoms with E-state index in [-0.39, 0.29) is 23.3 Å². The standard InChI is InChI=1S/C26H26FN3O2/c1-26(2,3)18-9-12-20(13-10-18)30-23-14-11-19(16-21(23)25(32)29(30)4)28-24(31)15-17-7-5-6-8-22(17)27/h5-14,16H,15H2,1-4H3,(H,28,31). The highest BCUT2D eigenvalue weighted by atomic mass is 19.1. The number of anilines is 1. The number of fused-ring (bicyclic) bond motifs is 1. The molecule has 0 aliphatic heterocycles. The Morgan fingerprint density at radius 2 is 1.69 bits per heavy atom. The summed E-state index contributed by atoms with van der Waals surface area (Å²) in [6.45, 7) is 6.47. The van der Waals surface area contributed by atoms with Crippen LogP contribution in [0.4, 0.5) is 10.1 Å². The van der Waals surface area contributed by atoms with Gasteiger partial charge in [0.1, 0.15) is 5.82 Å². The zero-order valence-electron chi connectivity index (χ0n) is 18.6. The van der Waals surface area contributed by atoms with Crippen molar-refractivity contribution >= 4 is 22.5 Å². The van der Waals surface area contributed by atoms with Gasteiger partial charge in [-0.15, -0.1) is 0 Å². The van der Waals surface area contributed by atoms with Crippen LogP contribution in [0.15, 0.2) is 71.5 Å². The Morgan fingerprint density at radius 1 is 1.00 bits per heavy atom. The molecule has 32 heavy (non-hydrogen) atoms. The highest BCUT2D eigenvalue weighted by Crippen LogP contribution is 2.25. The van der Waals surface area contributed by atoms with Gasteiger partial charge in [0.25, 0.3) is 5.56 Å². The summed E-state index contributed by atoms with van der Waals surface area (Å²) in [7, 11) is 1.72. The third kappa shape index (κ3) is 4.08. The largest absolute Gasteiger partial charge is 0.326 e. The molecule has 1 heterocycles. The van der Waals surface area contributed by atoms with Gasteiger partial charge in [-0.3, -0.25) is 14.3 Å². The number of hydrogen-bond acceptors (Lipinski definition) is 2. The average molecular weight is 432 g/mol. The lowest BCUT2D eigenvalue weighted by Gasteiger charge is -2.19. The topological polar surface area (TPSA) is 56.0 Å². The Bertz CT molecular complexity index is 1360. The number of nitrogens with zero attached hydrogens (tertiary/aromatic N) is 2. The number of carbonyl (C=O) groups is 1. The summed E-state index contributed by atoms with van der Waals surface area (Å²) in [5.74, 6) is -0.759. The van der Waals surface area contributed by atoms with E-state index >= 15 is 0 Å². The van der Waals surface area contributed by atoms with Crippen LogP contribution in [0.25, 0.3) is 16.6 Å². The number of benzene rings is 3. The van der Waals surface area contributed by atoms with Gasteiger partial charge in [0.2, 0.25) is 5.91 Å². The molecular weight excluding hydrogens is 405 g/mol. The molecule has 0 saturated heterocycles. The maximum Gasteiger partial charge on any atom is 0.274 e. The molecule has 4 aromatic rings. The minimum Gasteiger partial charge on any atom is -0.326 e. The number of rotatable bonds is 4. The summed E-state index contributed by atoms with van der Waals surface area (Å²) in [5.41, 5.74) is 3.53. The average Bonchev–Trinajstić information content (AvgIpc) is 2.99. The van der Waals surface area contributed by atoms with Crippen molar-refractivity contribution in [3.63, 3.8) is 0 Å². The maximum absolute atomic E-state index is 13.8. The summed E-state index contributed by atoms with van der Waals surface area (Å²) in [6.07, 6.45) is -0.0795. The third-order valence-corrected chi connectivity index (χ3v) is 5.62. The molecule has 0 spiro atoms. The molecular formula is C26H26FN3O2. The summed E-state index contributed by atoms with van der Waals surface area (Å²) < 4.78 is 17.2. The molecule has 0 aliphatic carbocycles. The van der Waals surface area contributed by atoms with Crippen LogP contribution in [0, 0.1) is 5.82 Å². The van der Waals surface area contributed by atoms with Gasteiger partial charge < -0.3 is 5.32 Å². The zero-order chi connectivity index (χ0) is 23.0. The van der Waals surface area contributed by atoms with E-state index in [0.717, 1.165) is 11.2 Å². The smallest absolute Gasteiger partial charge is 0.274 e. The van der Waals surface area contributed by atoms with Crippen molar-refractivity contribution in [2.75, 3.05) is 5.32 Å². The molecule has 0 bridgehead atoms. The first-order chi connectivity index (χ1) is 15.1. The molecule has 3 aromatic carbocycles. The molecule has 6 heteroatoms. The van der Waals surface area contributed by atoms with E-state index in [9.17, 15) is 14.0 Å². The minimum absolute atomic E-state index is 0.0406. The summed E-state index contributed by atoms with van der Waals surface area (Å²) >= 11 is 0. The molecule has 1 N–H and O–H groups in total. The van der Waals surface area contributed by atoms with Crippen molar-refractivity contribution < 1.29 is 9.18 Å². The quantitative estimate of drug-likeness (QED) is 0.497. The Labute approximate surface area is 186 Å². The van der Waals surface area contributed by atoms with E-state index in [1.807, 2.05) is 22.9 Å². The third-order valence-electron chi connectivity index (χ3n) is 5.62. The SMILES string of the molecule is Cn1c(=O)c2cc(NC(=O)Cc3ccccc3F)ccc2n1-c1ccc(C(C)(C)C)cc1. The first-order valence-electron chi connectivity index (χ1n) is 10.5. The Hall–Kier alpha value is -3.67. The second-order valence-corrected chi connectivity index (χ2v) is 8.99. The second kappa shape index (κ2) is 8.11. The number of amides is 1. The van der Waals surface area contributed by atoms with E-state index in [4.69, 9.17) is 0 Å². The van der Waals surface area contributed by atoms with Crippen molar-refractivity contribution in [3.05, 3.63) is 94.0 Å². The summed E-state index contributed by atoms with van der Waals surface area (Å²) in [6, 6.07) is 19.6. The van der Waals surface area contributed by atoms with Crippen LogP contribution in [0.1, 0.15) is 31.9 Å². The normalized spacial score (nSPS) is 11.7. The molecule has 0 aliphatic rings. The van der Waals surface area contributed by atoms with Gasteiger partial charge in [0.15, 0.2) is 0 Å². The Morgan fingerprint density at radius 3 is 2.34 bits per heavy atom. The lowest BCUT2D eigenvalue weighted by atomic mass is 9.87. The summed E-state index contributed by atoms with van der Waals surface area (Å²) in [5, 5.41) is 3.26. The molecule has 1 aromatic heterocycles.